The molecule has 8 N–H and O–H groups in total. The van der Waals surface area contributed by atoms with Crippen molar-refractivity contribution in [1.29, 1.82) is 0 Å². The number of carbonyl (C=O) groups excluding carboxylic acids is 4. The van der Waals surface area contributed by atoms with Gasteiger partial charge in [-0.25, -0.2) is 19.6 Å². The lowest BCUT2D eigenvalue weighted by molar-refractivity contribution is -0.129. The number of aliphatic hydroxyl groups excluding tert-OH is 2. The number of hydrogen-bond donors (Lipinski definition) is 7. The number of amides is 6. The molecule has 4 rings (SSSR count). The molecule has 0 fully saturated rings. The zero-order valence-corrected chi connectivity index (χ0v) is 34.8. The van der Waals surface area contributed by atoms with Crippen LogP contribution in [0.1, 0.15) is 50.2 Å². The Balaban J connectivity index is 1.56. The monoisotopic (exact) mass is 821 g/mol. The number of nitrogens with two attached hydrogens (primary N) is 1. The van der Waals surface area contributed by atoms with Crippen molar-refractivity contribution in [3.63, 3.8) is 0 Å². The number of anilines is 1. The van der Waals surface area contributed by atoms with Gasteiger partial charge in [0.25, 0.3) is 0 Å². The summed E-state index contributed by atoms with van der Waals surface area (Å²) in [6.07, 6.45) is -2.94. The van der Waals surface area contributed by atoms with Gasteiger partial charge in [-0.05, 0) is 35.8 Å². The van der Waals surface area contributed by atoms with Crippen molar-refractivity contribution in [3.8, 4) is 0 Å². The van der Waals surface area contributed by atoms with Crippen LogP contribution in [0.3, 0.4) is 0 Å². The molecule has 57 heavy (non-hydrogen) atoms. The van der Waals surface area contributed by atoms with Crippen molar-refractivity contribution in [2.75, 3.05) is 19.8 Å². The molecule has 6 amide bonds. The van der Waals surface area contributed by atoms with Crippen LogP contribution in [0.15, 0.2) is 76.9 Å². The molecule has 0 unspecified atom stereocenters. The van der Waals surface area contributed by atoms with Crippen molar-refractivity contribution in [2.45, 2.75) is 90.0 Å². The Kier molecular flexibility index (Phi) is 16.8. The van der Waals surface area contributed by atoms with Gasteiger partial charge in [-0.3, -0.25) is 9.59 Å². The SMILES string of the molecule is CC(C)[C@H](NC(=O)N(C)Cc1cscn1)C(=O)N[C@@H](Cc1ccccc1)[C@H](O)[C@@H](O)[C@H](Cc1ccccc1)NC(=O)[C@@H](NC(=O)N(C)Cc1csc(N)n1)C(C)C. The highest BCUT2D eigenvalue weighted by Gasteiger charge is 2.38. The Morgan fingerprint density at radius 3 is 1.49 bits per heavy atom. The van der Waals surface area contributed by atoms with Gasteiger partial charge in [0.1, 0.15) is 24.3 Å². The van der Waals surface area contributed by atoms with E-state index in [9.17, 15) is 29.4 Å². The van der Waals surface area contributed by atoms with Crippen molar-refractivity contribution in [2.24, 2.45) is 11.8 Å². The molecular formula is C40H55N9O6S2. The van der Waals surface area contributed by atoms with Crippen LogP contribution in [-0.4, -0.2) is 104 Å². The maximum Gasteiger partial charge on any atom is 0.318 e. The zero-order chi connectivity index (χ0) is 41.6. The lowest BCUT2D eigenvalue weighted by atomic mass is 9.90. The summed E-state index contributed by atoms with van der Waals surface area (Å²) in [5.41, 5.74) is 10.3. The molecule has 0 saturated heterocycles. The molecular weight excluding hydrogens is 767 g/mol. The first-order valence-corrected chi connectivity index (χ1v) is 20.6. The first kappa shape index (κ1) is 44.6. The van der Waals surface area contributed by atoms with E-state index in [-0.39, 0.29) is 37.8 Å². The van der Waals surface area contributed by atoms with E-state index in [1.165, 1.54) is 32.5 Å². The molecule has 0 aliphatic carbocycles. The number of benzene rings is 2. The number of nitrogens with zero attached hydrogens (tertiary/aromatic N) is 4. The summed E-state index contributed by atoms with van der Waals surface area (Å²) in [5.74, 6) is -1.81. The van der Waals surface area contributed by atoms with Crippen LogP contribution in [0.4, 0.5) is 14.7 Å². The molecule has 2 aromatic carbocycles. The summed E-state index contributed by atoms with van der Waals surface area (Å²) in [4.78, 5) is 65.7. The average molecular weight is 822 g/mol. The van der Waals surface area contributed by atoms with Crippen molar-refractivity contribution < 1.29 is 29.4 Å². The topological polar surface area (TPSA) is 215 Å². The van der Waals surface area contributed by atoms with Crippen LogP contribution in [0.5, 0.6) is 0 Å². The second kappa shape index (κ2) is 21.4. The van der Waals surface area contributed by atoms with Gasteiger partial charge in [0.15, 0.2) is 5.13 Å². The highest BCUT2D eigenvalue weighted by Crippen LogP contribution is 2.18. The maximum atomic E-state index is 14.0. The van der Waals surface area contributed by atoms with Gasteiger partial charge in [-0.1, -0.05) is 88.4 Å². The Morgan fingerprint density at radius 1 is 0.684 bits per heavy atom. The minimum Gasteiger partial charge on any atom is -0.388 e. The van der Waals surface area contributed by atoms with Gasteiger partial charge in [0.05, 0.1) is 42.1 Å². The quantitative estimate of drug-likeness (QED) is 0.0738. The highest BCUT2D eigenvalue weighted by atomic mass is 32.1. The molecule has 308 valence electrons. The minimum absolute atomic E-state index is 0.122. The van der Waals surface area contributed by atoms with E-state index < -0.39 is 60.3 Å². The molecule has 0 aliphatic rings. The molecule has 2 aromatic heterocycles. The number of aromatic nitrogens is 2. The molecule has 0 spiro atoms. The summed E-state index contributed by atoms with van der Waals surface area (Å²) in [6, 6.07) is 13.3. The van der Waals surface area contributed by atoms with E-state index in [1.807, 2.05) is 66.0 Å². The van der Waals surface area contributed by atoms with Crippen molar-refractivity contribution in [1.82, 2.24) is 41.0 Å². The summed E-state index contributed by atoms with van der Waals surface area (Å²) < 4.78 is 0. The standard InChI is InChI=1S/C40H55N9O6S2/c1-24(2)32(46-39(54)48(5)19-28-21-56-23-42-28)36(52)44-30(17-26-13-9-7-10-14-26)34(50)35(51)31(18-27-15-11-8-12-16-27)45-37(53)33(25(3)4)47-40(55)49(6)20-29-22-57-38(41)43-29/h7-16,21-25,30-35,50-51H,17-20H2,1-6H3,(H2,41,43)(H,44,52)(H,45,53)(H,46,54)(H,47,55)/t30-,31-,32-,33-,34-,35-/m0/s1. The summed E-state index contributed by atoms with van der Waals surface area (Å²) in [7, 11) is 3.19. The summed E-state index contributed by atoms with van der Waals surface area (Å²) in [6.45, 7) is 7.59. The molecule has 0 radical (unpaired) electrons. The van der Waals surface area contributed by atoms with Crippen LogP contribution in [0.25, 0.3) is 0 Å². The number of nitrogens with one attached hydrogen (secondary N) is 4. The van der Waals surface area contributed by atoms with Crippen LogP contribution < -0.4 is 27.0 Å². The molecule has 0 aliphatic heterocycles. The first-order valence-electron chi connectivity index (χ1n) is 18.8. The molecule has 15 nitrogen and oxygen atoms in total. The highest BCUT2D eigenvalue weighted by molar-refractivity contribution is 7.13. The fraction of sp³-hybridized carbons (Fsp3) is 0.450. The zero-order valence-electron chi connectivity index (χ0n) is 33.2. The largest absolute Gasteiger partial charge is 0.388 e. The number of rotatable bonds is 19. The van der Waals surface area contributed by atoms with E-state index >= 15 is 0 Å². The fourth-order valence-electron chi connectivity index (χ4n) is 6.17. The predicted molar refractivity (Wildman–Crippen MR) is 222 cm³/mol. The number of urea groups is 2. The normalized spacial score (nSPS) is 14.5. The molecule has 4 aromatic rings. The van der Waals surface area contributed by atoms with E-state index in [4.69, 9.17) is 5.73 Å². The number of thiazole rings is 2. The molecule has 17 heteroatoms. The third-order valence-corrected chi connectivity index (χ3v) is 10.8. The average Bonchev–Trinajstić information content (AvgIpc) is 3.86. The van der Waals surface area contributed by atoms with Gasteiger partial charge in [0.2, 0.25) is 11.8 Å². The third-order valence-electron chi connectivity index (χ3n) is 9.43. The Morgan fingerprint density at radius 2 is 1.12 bits per heavy atom. The van der Waals surface area contributed by atoms with E-state index in [1.54, 1.807) is 52.7 Å². The Labute approximate surface area is 342 Å². The molecule has 6 atom stereocenters. The smallest absolute Gasteiger partial charge is 0.318 e. The second-order valence-electron chi connectivity index (χ2n) is 14.8. The van der Waals surface area contributed by atoms with Gasteiger partial charge in [-0.2, -0.15) is 0 Å². The van der Waals surface area contributed by atoms with E-state index in [2.05, 4.69) is 31.2 Å². The predicted octanol–water partition coefficient (Wildman–Crippen LogP) is 3.39. The number of aliphatic hydroxyl groups is 2. The summed E-state index contributed by atoms with van der Waals surface area (Å²) >= 11 is 2.68. The van der Waals surface area contributed by atoms with Crippen LogP contribution in [0, 0.1) is 11.8 Å². The lowest BCUT2D eigenvalue weighted by Gasteiger charge is -2.35. The third kappa shape index (κ3) is 13.5. The maximum absolute atomic E-state index is 14.0. The number of carbonyl (C=O) groups is 4. The first-order chi connectivity index (χ1) is 27.1. The fourth-order valence-corrected chi connectivity index (χ4v) is 7.27. The number of hydrogen-bond acceptors (Lipinski definition) is 11. The van der Waals surface area contributed by atoms with Gasteiger partial charge in [-0.15, -0.1) is 22.7 Å². The second-order valence-corrected chi connectivity index (χ2v) is 16.4. The number of nitrogen functional groups attached to an aromatic ring is 1. The van der Waals surface area contributed by atoms with Crippen LogP contribution >= 0.6 is 22.7 Å². The molecule has 0 bridgehead atoms. The van der Waals surface area contributed by atoms with Gasteiger partial charge in [0, 0.05) is 24.9 Å². The van der Waals surface area contributed by atoms with Gasteiger partial charge >= 0.3 is 12.1 Å². The Bertz CT molecular complexity index is 1860. The van der Waals surface area contributed by atoms with Crippen LogP contribution in [-0.2, 0) is 35.5 Å². The molecule has 2 heterocycles. The summed E-state index contributed by atoms with van der Waals surface area (Å²) in [5, 5.41) is 39.4. The van der Waals surface area contributed by atoms with Crippen molar-refractivity contribution >= 4 is 51.7 Å². The van der Waals surface area contributed by atoms with E-state index in [0.29, 0.717) is 16.5 Å². The van der Waals surface area contributed by atoms with Crippen molar-refractivity contribution in [3.05, 3.63) is 99.4 Å². The van der Waals surface area contributed by atoms with E-state index in [0.717, 1.165) is 11.1 Å². The molecule has 0 saturated carbocycles. The van der Waals surface area contributed by atoms with Crippen LogP contribution in [0.2, 0.25) is 0 Å². The lowest BCUT2D eigenvalue weighted by Crippen LogP contribution is -2.62. The minimum atomic E-state index is -1.60. The Hall–Kier alpha value is -5.10. The van der Waals surface area contributed by atoms with Gasteiger partial charge < -0.3 is 47.0 Å².